The van der Waals surface area contributed by atoms with Crippen LogP contribution in [0, 0.1) is 5.92 Å². The maximum absolute atomic E-state index is 12.5. The van der Waals surface area contributed by atoms with E-state index in [-0.39, 0.29) is 18.4 Å². The first kappa shape index (κ1) is 17.0. The largest absolute Gasteiger partial charge is 0.481 e. The summed E-state index contributed by atoms with van der Waals surface area (Å²) in [5.74, 6) is -1.54. The molecule has 0 aliphatic carbocycles. The van der Waals surface area contributed by atoms with Gasteiger partial charge in [0.25, 0.3) is 0 Å². The minimum Gasteiger partial charge on any atom is -0.481 e. The number of thiophene rings is 1. The number of likely N-dealkylation sites (tertiary alicyclic amines) is 1. The molecular weight excluding hydrogens is 346 g/mol. The molecule has 1 saturated heterocycles. The molecule has 0 saturated carbocycles. The van der Waals surface area contributed by atoms with Crippen LogP contribution in [0.5, 0.6) is 0 Å². The second-order valence-electron chi connectivity index (χ2n) is 5.97. The van der Waals surface area contributed by atoms with Gasteiger partial charge in [-0.05, 0) is 24.1 Å². The molecule has 6 heteroatoms. The SMILES string of the molecule is O=C(O)C1CN(C(=O)CCc2ccc(Cl)s2)CC1c1ccccc1. The lowest BCUT2D eigenvalue weighted by Crippen LogP contribution is -2.30. The van der Waals surface area contributed by atoms with Gasteiger partial charge in [0.15, 0.2) is 0 Å². The van der Waals surface area contributed by atoms with Crippen LogP contribution in [0.25, 0.3) is 0 Å². The van der Waals surface area contributed by atoms with Crippen LogP contribution in [0.15, 0.2) is 42.5 Å². The lowest BCUT2D eigenvalue weighted by atomic mass is 9.89. The molecule has 24 heavy (non-hydrogen) atoms. The van der Waals surface area contributed by atoms with E-state index < -0.39 is 11.9 Å². The number of nitrogens with zero attached hydrogens (tertiary/aromatic N) is 1. The van der Waals surface area contributed by atoms with Gasteiger partial charge in [-0.1, -0.05) is 41.9 Å². The number of rotatable bonds is 5. The van der Waals surface area contributed by atoms with Crippen LogP contribution >= 0.6 is 22.9 Å². The predicted octanol–water partition coefficient (Wildman–Crippen LogP) is 3.66. The number of aliphatic carboxylic acids is 1. The normalized spacial score (nSPS) is 20.3. The molecule has 2 unspecified atom stereocenters. The third kappa shape index (κ3) is 3.79. The molecule has 2 atom stereocenters. The van der Waals surface area contributed by atoms with Gasteiger partial charge in [-0.15, -0.1) is 11.3 Å². The van der Waals surface area contributed by atoms with Crippen LogP contribution in [-0.4, -0.2) is 35.0 Å². The molecule has 1 aliphatic heterocycles. The highest BCUT2D eigenvalue weighted by atomic mass is 35.5. The topological polar surface area (TPSA) is 57.6 Å². The lowest BCUT2D eigenvalue weighted by Gasteiger charge is -2.16. The van der Waals surface area contributed by atoms with E-state index in [1.165, 1.54) is 11.3 Å². The van der Waals surface area contributed by atoms with E-state index in [4.69, 9.17) is 11.6 Å². The Labute approximate surface area is 149 Å². The van der Waals surface area contributed by atoms with E-state index in [1.54, 1.807) is 4.90 Å². The molecule has 1 aromatic carbocycles. The zero-order chi connectivity index (χ0) is 17.1. The summed E-state index contributed by atoms with van der Waals surface area (Å²) in [4.78, 5) is 26.8. The molecule has 0 spiro atoms. The molecule has 0 radical (unpaired) electrons. The van der Waals surface area contributed by atoms with Gasteiger partial charge in [-0.3, -0.25) is 9.59 Å². The van der Waals surface area contributed by atoms with Crippen molar-refractivity contribution < 1.29 is 14.7 Å². The Kier molecular flexibility index (Phi) is 5.21. The van der Waals surface area contributed by atoms with Gasteiger partial charge in [0, 0.05) is 30.3 Å². The molecular formula is C18H18ClNO3S. The first-order valence-electron chi connectivity index (χ1n) is 7.84. The maximum atomic E-state index is 12.5. The Balaban J connectivity index is 1.66. The summed E-state index contributed by atoms with van der Waals surface area (Å²) in [5.41, 5.74) is 0.977. The van der Waals surface area contributed by atoms with Crippen molar-refractivity contribution in [3.05, 3.63) is 57.2 Å². The van der Waals surface area contributed by atoms with Gasteiger partial charge in [0.1, 0.15) is 0 Å². The number of carbonyl (C=O) groups excluding carboxylic acids is 1. The Bertz CT molecular complexity index is 731. The van der Waals surface area contributed by atoms with Gasteiger partial charge in [-0.25, -0.2) is 0 Å². The van der Waals surface area contributed by atoms with Crippen LogP contribution in [0.4, 0.5) is 0 Å². The van der Waals surface area contributed by atoms with Gasteiger partial charge in [0.2, 0.25) is 5.91 Å². The number of carboxylic acids is 1. The van der Waals surface area contributed by atoms with E-state index >= 15 is 0 Å². The molecule has 126 valence electrons. The van der Waals surface area contributed by atoms with Crippen LogP contribution in [0.3, 0.4) is 0 Å². The monoisotopic (exact) mass is 363 g/mol. The van der Waals surface area contributed by atoms with E-state index in [0.717, 1.165) is 10.4 Å². The fourth-order valence-corrected chi connectivity index (χ4v) is 4.26. The second kappa shape index (κ2) is 7.36. The van der Waals surface area contributed by atoms with Crippen molar-refractivity contribution in [3.8, 4) is 0 Å². The zero-order valence-corrected chi connectivity index (χ0v) is 14.6. The van der Waals surface area contributed by atoms with Gasteiger partial charge in [-0.2, -0.15) is 0 Å². The highest BCUT2D eigenvalue weighted by Crippen LogP contribution is 2.33. The lowest BCUT2D eigenvalue weighted by molar-refractivity contribution is -0.141. The van der Waals surface area contributed by atoms with Gasteiger partial charge in [0.05, 0.1) is 10.3 Å². The molecule has 1 N–H and O–H groups in total. The van der Waals surface area contributed by atoms with Crippen LogP contribution < -0.4 is 0 Å². The molecule has 1 fully saturated rings. The van der Waals surface area contributed by atoms with Gasteiger partial charge >= 0.3 is 5.97 Å². The van der Waals surface area contributed by atoms with Crippen LogP contribution in [-0.2, 0) is 16.0 Å². The minimum absolute atomic E-state index is 0.00389. The number of benzene rings is 1. The number of hydrogen-bond acceptors (Lipinski definition) is 3. The summed E-state index contributed by atoms with van der Waals surface area (Å²) < 4.78 is 0.716. The Morgan fingerprint density at radius 2 is 1.92 bits per heavy atom. The Hall–Kier alpha value is -1.85. The van der Waals surface area contributed by atoms with E-state index in [0.29, 0.717) is 23.7 Å². The number of hydrogen-bond donors (Lipinski definition) is 1. The van der Waals surface area contributed by atoms with E-state index in [1.807, 2.05) is 42.5 Å². The number of carbonyl (C=O) groups is 2. The quantitative estimate of drug-likeness (QED) is 0.881. The van der Waals surface area contributed by atoms with Crippen molar-refractivity contribution in [2.24, 2.45) is 5.92 Å². The van der Waals surface area contributed by atoms with Crippen molar-refractivity contribution in [1.29, 1.82) is 0 Å². The zero-order valence-electron chi connectivity index (χ0n) is 13.0. The minimum atomic E-state index is -0.843. The highest BCUT2D eigenvalue weighted by molar-refractivity contribution is 7.16. The van der Waals surface area contributed by atoms with Crippen LogP contribution in [0.1, 0.15) is 22.8 Å². The molecule has 1 aromatic heterocycles. The number of carboxylic acid groups (broad SMARTS) is 1. The summed E-state index contributed by atoms with van der Waals surface area (Å²) in [6.45, 7) is 0.740. The third-order valence-electron chi connectivity index (χ3n) is 4.43. The third-order valence-corrected chi connectivity index (χ3v) is 5.72. The molecule has 2 aromatic rings. The summed E-state index contributed by atoms with van der Waals surface area (Å²) >= 11 is 7.38. The second-order valence-corrected chi connectivity index (χ2v) is 7.77. The Morgan fingerprint density at radius 1 is 1.17 bits per heavy atom. The molecule has 3 rings (SSSR count). The fraction of sp³-hybridized carbons (Fsp3) is 0.333. The summed E-state index contributed by atoms with van der Waals surface area (Å²) in [7, 11) is 0. The number of aryl methyl sites for hydroxylation is 1. The van der Waals surface area contributed by atoms with E-state index in [9.17, 15) is 14.7 Å². The average molecular weight is 364 g/mol. The maximum Gasteiger partial charge on any atom is 0.308 e. The highest BCUT2D eigenvalue weighted by Gasteiger charge is 2.40. The van der Waals surface area contributed by atoms with Crippen molar-refractivity contribution >= 4 is 34.8 Å². The summed E-state index contributed by atoms with van der Waals surface area (Å²) in [5, 5.41) is 9.50. The summed E-state index contributed by atoms with van der Waals surface area (Å²) in [6.07, 6.45) is 1.02. The van der Waals surface area contributed by atoms with Crippen LogP contribution in [0.2, 0.25) is 4.34 Å². The standard InChI is InChI=1S/C18H18ClNO3S/c19-16-8-6-13(24-16)7-9-17(21)20-10-14(15(11-20)18(22)23)12-4-2-1-3-5-12/h1-6,8,14-15H,7,9-11H2,(H,22,23). The summed E-state index contributed by atoms with van der Waals surface area (Å²) in [6, 6.07) is 13.3. The smallest absolute Gasteiger partial charge is 0.308 e. The molecule has 2 heterocycles. The first-order chi connectivity index (χ1) is 11.5. The Morgan fingerprint density at radius 3 is 2.54 bits per heavy atom. The fourth-order valence-electron chi connectivity index (χ4n) is 3.17. The van der Waals surface area contributed by atoms with Crippen molar-refractivity contribution in [2.45, 2.75) is 18.8 Å². The first-order valence-corrected chi connectivity index (χ1v) is 9.04. The van der Waals surface area contributed by atoms with Crippen molar-refractivity contribution in [1.82, 2.24) is 4.90 Å². The number of amides is 1. The molecule has 1 aliphatic rings. The van der Waals surface area contributed by atoms with Gasteiger partial charge < -0.3 is 10.0 Å². The molecule has 0 bridgehead atoms. The van der Waals surface area contributed by atoms with E-state index in [2.05, 4.69) is 0 Å². The number of halogens is 1. The average Bonchev–Trinajstić information content (AvgIpc) is 3.20. The predicted molar refractivity (Wildman–Crippen MR) is 94.5 cm³/mol. The van der Waals surface area contributed by atoms with Crippen molar-refractivity contribution in [2.75, 3.05) is 13.1 Å². The van der Waals surface area contributed by atoms with Crippen molar-refractivity contribution in [3.63, 3.8) is 0 Å². The molecule has 1 amide bonds. The molecule has 4 nitrogen and oxygen atoms in total.